The van der Waals surface area contributed by atoms with Crippen LogP contribution in [0, 0.1) is 5.92 Å². The number of nitrogens with zero attached hydrogens (tertiary/aromatic N) is 1. The molecule has 1 aliphatic heterocycles. The molecule has 2 fully saturated rings. The summed E-state index contributed by atoms with van der Waals surface area (Å²) in [6.45, 7) is 4.56. The van der Waals surface area contributed by atoms with Crippen molar-refractivity contribution in [1.82, 2.24) is 10.2 Å². The van der Waals surface area contributed by atoms with Crippen LogP contribution in [0.1, 0.15) is 43.7 Å². The highest BCUT2D eigenvalue weighted by Gasteiger charge is 2.33. The SMILES string of the molecule is c1ccc2c([C@@H](C3CCCCC3)N3CCNCC3)c3ccccc3cc2c1. The van der Waals surface area contributed by atoms with Crippen molar-refractivity contribution >= 4 is 21.5 Å². The van der Waals surface area contributed by atoms with E-state index in [1.54, 1.807) is 5.56 Å². The predicted molar refractivity (Wildman–Crippen MR) is 115 cm³/mol. The standard InChI is InChI=1S/C25H30N2/c1-2-8-19(9-3-1)25(27-16-14-26-15-17-27)24-22-12-6-4-10-20(22)18-21-11-5-7-13-23(21)24/h4-7,10-13,18-19,25-26H,1-3,8-9,14-17H2/t25-/m1/s1. The minimum Gasteiger partial charge on any atom is -0.314 e. The van der Waals surface area contributed by atoms with Crippen LogP contribution in [-0.2, 0) is 0 Å². The summed E-state index contributed by atoms with van der Waals surface area (Å²) in [4.78, 5) is 2.79. The predicted octanol–water partition coefficient (Wildman–Crippen LogP) is 5.52. The first-order valence-corrected chi connectivity index (χ1v) is 10.8. The summed E-state index contributed by atoms with van der Waals surface area (Å²) in [5.74, 6) is 0.783. The van der Waals surface area contributed by atoms with E-state index in [1.165, 1.54) is 66.7 Å². The molecule has 2 heteroatoms. The van der Waals surface area contributed by atoms with Crippen molar-refractivity contribution in [2.45, 2.75) is 38.1 Å². The van der Waals surface area contributed by atoms with Gasteiger partial charge in [0.15, 0.2) is 0 Å². The third-order valence-electron chi connectivity index (χ3n) is 6.75. The van der Waals surface area contributed by atoms with Crippen LogP contribution in [0.2, 0.25) is 0 Å². The Balaban J connectivity index is 1.74. The van der Waals surface area contributed by atoms with Crippen molar-refractivity contribution in [2.24, 2.45) is 5.92 Å². The van der Waals surface area contributed by atoms with Gasteiger partial charge in [0, 0.05) is 32.2 Å². The zero-order chi connectivity index (χ0) is 18.1. The van der Waals surface area contributed by atoms with Gasteiger partial charge in [-0.3, -0.25) is 4.90 Å². The fourth-order valence-corrected chi connectivity index (χ4v) is 5.49. The summed E-state index contributed by atoms with van der Waals surface area (Å²) < 4.78 is 0. The molecule has 0 amide bonds. The number of rotatable bonds is 3. The van der Waals surface area contributed by atoms with Gasteiger partial charge >= 0.3 is 0 Å². The van der Waals surface area contributed by atoms with Gasteiger partial charge in [-0.1, -0.05) is 67.8 Å². The Kier molecular flexibility index (Phi) is 4.85. The van der Waals surface area contributed by atoms with E-state index >= 15 is 0 Å². The van der Waals surface area contributed by atoms with E-state index in [2.05, 4.69) is 64.8 Å². The summed E-state index contributed by atoms with van der Waals surface area (Å²) in [6.07, 6.45) is 6.98. The van der Waals surface area contributed by atoms with Gasteiger partial charge < -0.3 is 5.32 Å². The van der Waals surface area contributed by atoms with Gasteiger partial charge in [-0.15, -0.1) is 0 Å². The molecular weight excluding hydrogens is 328 g/mol. The second kappa shape index (κ2) is 7.61. The molecule has 3 aromatic rings. The van der Waals surface area contributed by atoms with E-state index in [4.69, 9.17) is 0 Å². The first-order valence-electron chi connectivity index (χ1n) is 10.8. The lowest BCUT2D eigenvalue weighted by molar-refractivity contribution is 0.105. The molecule has 2 aliphatic rings. The molecule has 27 heavy (non-hydrogen) atoms. The molecular formula is C25H30N2. The molecule has 0 spiro atoms. The molecule has 3 aromatic carbocycles. The lowest BCUT2D eigenvalue weighted by atomic mass is 9.77. The third kappa shape index (κ3) is 3.26. The molecule has 1 atom stereocenters. The number of hydrogen-bond donors (Lipinski definition) is 1. The Morgan fingerprint density at radius 3 is 2.00 bits per heavy atom. The lowest BCUT2D eigenvalue weighted by Gasteiger charge is -2.42. The zero-order valence-electron chi connectivity index (χ0n) is 16.2. The van der Waals surface area contributed by atoms with E-state index in [0.717, 1.165) is 19.0 Å². The molecule has 1 heterocycles. The van der Waals surface area contributed by atoms with E-state index < -0.39 is 0 Å². The van der Waals surface area contributed by atoms with Crippen LogP contribution in [0.5, 0.6) is 0 Å². The van der Waals surface area contributed by atoms with Crippen LogP contribution in [0.15, 0.2) is 54.6 Å². The van der Waals surface area contributed by atoms with Gasteiger partial charge in [0.25, 0.3) is 0 Å². The van der Waals surface area contributed by atoms with Crippen LogP contribution < -0.4 is 5.32 Å². The van der Waals surface area contributed by atoms with E-state index in [0.29, 0.717) is 6.04 Å². The Labute approximate surface area is 162 Å². The number of nitrogens with one attached hydrogen (secondary N) is 1. The first-order chi connectivity index (χ1) is 13.4. The minimum atomic E-state index is 0.545. The van der Waals surface area contributed by atoms with Crippen molar-refractivity contribution in [2.75, 3.05) is 26.2 Å². The Morgan fingerprint density at radius 1 is 0.778 bits per heavy atom. The topological polar surface area (TPSA) is 15.3 Å². The molecule has 0 aromatic heterocycles. The molecule has 1 aliphatic carbocycles. The fraction of sp³-hybridized carbons (Fsp3) is 0.440. The monoisotopic (exact) mass is 358 g/mol. The maximum absolute atomic E-state index is 3.56. The van der Waals surface area contributed by atoms with Crippen molar-refractivity contribution in [3.8, 4) is 0 Å². The van der Waals surface area contributed by atoms with Crippen molar-refractivity contribution in [3.05, 3.63) is 60.2 Å². The highest BCUT2D eigenvalue weighted by Crippen LogP contribution is 2.44. The van der Waals surface area contributed by atoms with Crippen LogP contribution in [0.25, 0.3) is 21.5 Å². The van der Waals surface area contributed by atoms with Crippen LogP contribution in [0.4, 0.5) is 0 Å². The number of hydrogen-bond acceptors (Lipinski definition) is 2. The van der Waals surface area contributed by atoms with E-state index in [1.807, 2.05) is 0 Å². The summed E-state index contributed by atoms with van der Waals surface area (Å²) >= 11 is 0. The quantitative estimate of drug-likeness (QED) is 0.620. The second-order valence-electron chi connectivity index (χ2n) is 8.36. The minimum absolute atomic E-state index is 0.545. The highest BCUT2D eigenvalue weighted by molar-refractivity contribution is 6.02. The first kappa shape index (κ1) is 17.2. The largest absolute Gasteiger partial charge is 0.314 e. The fourth-order valence-electron chi connectivity index (χ4n) is 5.49. The molecule has 1 N–H and O–H groups in total. The van der Waals surface area contributed by atoms with Gasteiger partial charge in [0.1, 0.15) is 0 Å². The number of piperazine rings is 1. The molecule has 1 saturated heterocycles. The van der Waals surface area contributed by atoms with Gasteiger partial charge in [-0.05, 0) is 51.9 Å². The highest BCUT2D eigenvalue weighted by atomic mass is 15.2. The van der Waals surface area contributed by atoms with Gasteiger partial charge in [-0.2, -0.15) is 0 Å². The normalized spacial score (nSPS) is 20.9. The second-order valence-corrected chi connectivity index (χ2v) is 8.36. The Bertz CT molecular complexity index is 848. The van der Waals surface area contributed by atoms with Gasteiger partial charge in [-0.25, -0.2) is 0 Å². The summed E-state index contributed by atoms with van der Waals surface area (Å²) in [6, 6.07) is 21.0. The van der Waals surface area contributed by atoms with Crippen molar-refractivity contribution in [1.29, 1.82) is 0 Å². The van der Waals surface area contributed by atoms with E-state index in [-0.39, 0.29) is 0 Å². The van der Waals surface area contributed by atoms with Crippen molar-refractivity contribution in [3.63, 3.8) is 0 Å². The van der Waals surface area contributed by atoms with Crippen LogP contribution in [0.3, 0.4) is 0 Å². The van der Waals surface area contributed by atoms with Gasteiger partial charge in [0.05, 0.1) is 0 Å². The van der Waals surface area contributed by atoms with Gasteiger partial charge in [0.2, 0.25) is 0 Å². The number of fused-ring (bicyclic) bond motifs is 2. The Hall–Kier alpha value is -1.90. The summed E-state index contributed by atoms with van der Waals surface area (Å²) in [5, 5.41) is 9.26. The lowest BCUT2D eigenvalue weighted by Crippen LogP contribution is -2.47. The molecule has 2 nitrogen and oxygen atoms in total. The van der Waals surface area contributed by atoms with Crippen LogP contribution >= 0.6 is 0 Å². The van der Waals surface area contributed by atoms with Crippen molar-refractivity contribution < 1.29 is 0 Å². The molecule has 5 rings (SSSR count). The average Bonchev–Trinajstić information content (AvgIpc) is 2.75. The Morgan fingerprint density at radius 2 is 1.37 bits per heavy atom. The molecule has 0 radical (unpaired) electrons. The molecule has 140 valence electrons. The molecule has 1 saturated carbocycles. The number of benzene rings is 3. The maximum Gasteiger partial charge on any atom is 0.0389 e. The van der Waals surface area contributed by atoms with E-state index in [9.17, 15) is 0 Å². The summed E-state index contributed by atoms with van der Waals surface area (Å²) in [5.41, 5.74) is 1.59. The van der Waals surface area contributed by atoms with Crippen LogP contribution in [-0.4, -0.2) is 31.1 Å². The average molecular weight is 359 g/mol. The zero-order valence-corrected chi connectivity index (χ0v) is 16.2. The maximum atomic E-state index is 3.56. The molecule has 0 bridgehead atoms. The molecule has 0 unspecified atom stereocenters. The third-order valence-corrected chi connectivity index (χ3v) is 6.75. The smallest absolute Gasteiger partial charge is 0.0389 e. The summed E-state index contributed by atoms with van der Waals surface area (Å²) in [7, 11) is 0.